The van der Waals surface area contributed by atoms with Gasteiger partial charge in [-0.1, -0.05) is 18.2 Å². The summed E-state index contributed by atoms with van der Waals surface area (Å²) in [7, 11) is 0. The van der Waals surface area contributed by atoms with Gasteiger partial charge in [-0.2, -0.15) is 0 Å². The second-order valence-corrected chi connectivity index (χ2v) is 8.41. The Morgan fingerprint density at radius 3 is 2.74 bits per heavy atom. The minimum atomic E-state index is -0.490. The van der Waals surface area contributed by atoms with E-state index in [-0.39, 0.29) is 14.1 Å². The van der Waals surface area contributed by atoms with Crippen molar-refractivity contribution in [2.75, 3.05) is 12.1 Å². The van der Waals surface area contributed by atoms with Gasteiger partial charge in [-0.3, -0.25) is 4.79 Å². The maximum absolute atomic E-state index is 13.3. The Bertz CT molecular complexity index is 1340. The van der Waals surface area contributed by atoms with E-state index in [1.54, 1.807) is 0 Å². The number of amides is 1. The Balaban J connectivity index is 0.00000216. The van der Waals surface area contributed by atoms with Crippen molar-refractivity contribution >= 4 is 22.5 Å². The quantitative estimate of drug-likeness (QED) is 0.446. The average molecular weight is 412 g/mol. The normalized spacial score (nSPS) is 15.8. The lowest BCUT2D eigenvalue weighted by molar-refractivity contribution is -0.118. The molecule has 2 aliphatic rings. The van der Waals surface area contributed by atoms with Gasteiger partial charge in [0, 0.05) is 18.8 Å². The van der Waals surface area contributed by atoms with Crippen molar-refractivity contribution in [2.45, 2.75) is 25.2 Å². The highest BCUT2D eigenvalue weighted by Crippen LogP contribution is 2.51. The summed E-state index contributed by atoms with van der Waals surface area (Å²) >= 11 is 0. The van der Waals surface area contributed by atoms with Crippen molar-refractivity contribution in [2.24, 2.45) is 0 Å². The van der Waals surface area contributed by atoms with Crippen LogP contribution in [0.15, 0.2) is 66.9 Å². The summed E-state index contributed by atoms with van der Waals surface area (Å²) < 4.78 is 10.9. The molecule has 6 rings (SSSR count). The fourth-order valence-corrected chi connectivity index (χ4v) is 4.45. The molecule has 0 saturated heterocycles. The van der Waals surface area contributed by atoms with Crippen LogP contribution in [0.4, 0.5) is 5.69 Å². The third-order valence-electron chi connectivity index (χ3n) is 6.47. The van der Waals surface area contributed by atoms with Crippen molar-refractivity contribution in [1.29, 1.82) is 0 Å². The summed E-state index contributed by atoms with van der Waals surface area (Å²) in [6.45, 7) is 2.33. The van der Waals surface area contributed by atoms with Gasteiger partial charge < -0.3 is 19.8 Å². The number of rotatable bonds is 4. The molecule has 1 aliphatic carbocycles. The van der Waals surface area contributed by atoms with Gasteiger partial charge in [0.15, 0.2) is 11.5 Å². The number of aryl methyl sites for hydroxylation is 1. The number of ether oxygens (including phenoxy) is 2. The fraction of sp³-hybridized carbons (Fsp3) is 0.192. The SMILES string of the molecule is Cc1ccc(NC(=O)C2(c3ccc4c(c3)OCO4)CC2)cc1-c1ccc2[nH]ccc2c1.[HH]. The van der Waals surface area contributed by atoms with Gasteiger partial charge in [0.05, 0.1) is 5.41 Å². The summed E-state index contributed by atoms with van der Waals surface area (Å²) in [5, 5.41) is 4.34. The number of aromatic amines is 1. The van der Waals surface area contributed by atoms with Crippen molar-refractivity contribution in [3.8, 4) is 22.6 Å². The summed E-state index contributed by atoms with van der Waals surface area (Å²) in [5.74, 6) is 1.49. The van der Waals surface area contributed by atoms with E-state index in [4.69, 9.17) is 9.47 Å². The number of carbonyl (C=O) groups is 1. The maximum atomic E-state index is 13.3. The number of nitrogens with one attached hydrogen (secondary N) is 2. The van der Waals surface area contributed by atoms with E-state index in [2.05, 4.69) is 53.6 Å². The van der Waals surface area contributed by atoms with E-state index in [0.717, 1.165) is 46.5 Å². The molecular weight excluding hydrogens is 388 g/mol. The van der Waals surface area contributed by atoms with Crippen LogP contribution in [0.25, 0.3) is 22.0 Å². The minimum absolute atomic E-state index is 0. The molecular formula is C26H24N2O3. The third kappa shape index (κ3) is 2.96. The lowest BCUT2D eigenvalue weighted by Crippen LogP contribution is -2.27. The molecule has 5 heteroatoms. The first kappa shape index (κ1) is 18.1. The Kier molecular flexibility index (Phi) is 3.87. The third-order valence-corrected chi connectivity index (χ3v) is 6.47. The van der Waals surface area contributed by atoms with E-state index >= 15 is 0 Å². The second kappa shape index (κ2) is 6.64. The van der Waals surface area contributed by atoms with E-state index in [0.29, 0.717) is 5.75 Å². The highest BCUT2D eigenvalue weighted by atomic mass is 16.7. The van der Waals surface area contributed by atoms with Crippen molar-refractivity contribution in [3.05, 3.63) is 78.0 Å². The van der Waals surface area contributed by atoms with Crippen LogP contribution in [0, 0.1) is 6.92 Å². The molecule has 3 aromatic carbocycles. The molecule has 4 aromatic rings. The smallest absolute Gasteiger partial charge is 0.235 e. The predicted molar refractivity (Wildman–Crippen MR) is 123 cm³/mol. The summed E-state index contributed by atoms with van der Waals surface area (Å²) in [4.78, 5) is 16.5. The molecule has 0 spiro atoms. The Hall–Kier alpha value is -3.73. The topological polar surface area (TPSA) is 63.4 Å². The zero-order valence-electron chi connectivity index (χ0n) is 17.2. The van der Waals surface area contributed by atoms with Gasteiger partial charge in [-0.15, -0.1) is 0 Å². The van der Waals surface area contributed by atoms with Crippen LogP contribution in [0.3, 0.4) is 0 Å². The van der Waals surface area contributed by atoms with Gasteiger partial charge in [0.1, 0.15) is 0 Å². The number of aromatic nitrogens is 1. The molecule has 5 nitrogen and oxygen atoms in total. The van der Waals surface area contributed by atoms with E-state index in [1.807, 2.05) is 30.5 Å². The first-order valence-corrected chi connectivity index (χ1v) is 10.5. The summed E-state index contributed by atoms with van der Waals surface area (Å²) in [5.41, 5.74) is 5.85. The van der Waals surface area contributed by atoms with Crippen LogP contribution in [0.5, 0.6) is 11.5 Å². The van der Waals surface area contributed by atoms with Gasteiger partial charge in [-0.25, -0.2) is 0 Å². The zero-order chi connectivity index (χ0) is 21.0. The molecule has 1 aliphatic heterocycles. The van der Waals surface area contributed by atoms with E-state index < -0.39 is 5.41 Å². The number of anilines is 1. The first-order valence-electron chi connectivity index (χ1n) is 10.5. The van der Waals surface area contributed by atoms with E-state index in [1.165, 1.54) is 10.9 Å². The summed E-state index contributed by atoms with van der Waals surface area (Å²) in [6.07, 6.45) is 3.62. The molecule has 31 heavy (non-hydrogen) atoms. The van der Waals surface area contributed by atoms with Gasteiger partial charge in [-0.05, 0) is 89.9 Å². The molecule has 0 radical (unpaired) electrons. The number of fused-ring (bicyclic) bond motifs is 2. The number of carbonyl (C=O) groups excluding carboxylic acids is 1. The molecule has 1 fully saturated rings. The van der Waals surface area contributed by atoms with Gasteiger partial charge >= 0.3 is 0 Å². The van der Waals surface area contributed by atoms with E-state index in [9.17, 15) is 4.79 Å². The van der Waals surface area contributed by atoms with Crippen molar-refractivity contribution < 1.29 is 15.7 Å². The lowest BCUT2D eigenvalue weighted by atomic mass is 9.94. The number of H-pyrrole nitrogens is 1. The van der Waals surface area contributed by atoms with Crippen LogP contribution in [-0.2, 0) is 10.2 Å². The van der Waals surface area contributed by atoms with Gasteiger partial charge in [0.2, 0.25) is 12.7 Å². The number of benzene rings is 3. The highest BCUT2D eigenvalue weighted by Gasteiger charge is 2.51. The van der Waals surface area contributed by atoms with Crippen LogP contribution < -0.4 is 14.8 Å². The molecule has 1 aromatic heterocycles. The number of hydrogen-bond acceptors (Lipinski definition) is 3. The minimum Gasteiger partial charge on any atom is -0.454 e. The largest absolute Gasteiger partial charge is 0.454 e. The average Bonchev–Trinajstić information content (AvgIpc) is 3.24. The molecule has 1 saturated carbocycles. The molecule has 0 bridgehead atoms. The Labute approximate surface area is 181 Å². The maximum Gasteiger partial charge on any atom is 0.235 e. The molecule has 2 heterocycles. The van der Waals surface area contributed by atoms with Crippen LogP contribution >= 0.6 is 0 Å². The molecule has 2 N–H and O–H groups in total. The number of hydrogen-bond donors (Lipinski definition) is 2. The van der Waals surface area contributed by atoms with Crippen molar-refractivity contribution in [3.63, 3.8) is 0 Å². The second-order valence-electron chi connectivity index (χ2n) is 8.41. The Morgan fingerprint density at radius 1 is 1.00 bits per heavy atom. The molecule has 1 amide bonds. The highest BCUT2D eigenvalue weighted by molar-refractivity contribution is 6.02. The van der Waals surface area contributed by atoms with Crippen LogP contribution in [0.2, 0.25) is 0 Å². The van der Waals surface area contributed by atoms with Crippen LogP contribution in [-0.4, -0.2) is 17.7 Å². The molecule has 0 unspecified atom stereocenters. The van der Waals surface area contributed by atoms with Crippen LogP contribution in [0.1, 0.15) is 25.4 Å². The zero-order valence-corrected chi connectivity index (χ0v) is 17.2. The molecule has 156 valence electrons. The van der Waals surface area contributed by atoms with Crippen molar-refractivity contribution in [1.82, 2.24) is 4.98 Å². The monoisotopic (exact) mass is 412 g/mol. The molecule has 0 atom stereocenters. The lowest BCUT2D eigenvalue weighted by Gasteiger charge is -2.17. The summed E-state index contributed by atoms with van der Waals surface area (Å²) in [6, 6.07) is 20.4. The Morgan fingerprint density at radius 2 is 1.87 bits per heavy atom. The predicted octanol–water partition coefficient (Wildman–Crippen LogP) is 5.79. The standard InChI is InChI=1S/C26H22N2O3.H2/c1-16-2-5-20(14-21(16)17-3-6-22-18(12-17)8-11-27-22)28-25(29)26(9-10-26)19-4-7-23-24(13-19)31-15-30-23;/h2-8,11-14,27H,9-10,15H2,1H3,(H,28,29);1H. The van der Waals surface area contributed by atoms with Gasteiger partial charge in [0.25, 0.3) is 0 Å². The first-order chi connectivity index (χ1) is 15.1. The fourth-order valence-electron chi connectivity index (χ4n) is 4.45.